The summed E-state index contributed by atoms with van der Waals surface area (Å²) in [5.41, 5.74) is 0. The second-order valence-corrected chi connectivity index (χ2v) is 2.11. The molecule has 1 nitrogen and oxygen atoms in total. The van der Waals surface area contributed by atoms with Crippen molar-refractivity contribution in [3.05, 3.63) is 6.61 Å². The van der Waals surface area contributed by atoms with Crippen LogP contribution in [0.4, 0.5) is 0 Å². The lowest BCUT2D eigenvalue weighted by Crippen LogP contribution is -1.97. The predicted octanol–water partition coefficient (Wildman–Crippen LogP) is 2.35. The SMILES string of the molecule is CCCC([CH]O)CC. The Kier molecular flexibility index (Phi) is 5.08. The van der Waals surface area contributed by atoms with Crippen molar-refractivity contribution in [1.82, 2.24) is 0 Å². The molecule has 0 aliphatic carbocycles. The zero-order chi connectivity index (χ0) is 6.41. The van der Waals surface area contributed by atoms with E-state index in [9.17, 15) is 0 Å². The van der Waals surface area contributed by atoms with Gasteiger partial charge >= 0.3 is 0 Å². The Morgan fingerprint density at radius 3 is 2.25 bits per heavy atom. The van der Waals surface area contributed by atoms with Crippen LogP contribution in [0.5, 0.6) is 0 Å². The zero-order valence-corrected chi connectivity index (χ0v) is 5.72. The Morgan fingerprint density at radius 2 is 2.12 bits per heavy atom. The normalized spacial score (nSPS) is 13.9. The fourth-order valence-corrected chi connectivity index (χ4v) is 0.755. The van der Waals surface area contributed by atoms with E-state index in [2.05, 4.69) is 13.8 Å². The fraction of sp³-hybridized carbons (Fsp3) is 0.857. The van der Waals surface area contributed by atoms with Crippen molar-refractivity contribution in [2.75, 3.05) is 0 Å². The van der Waals surface area contributed by atoms with Crippen molar-refractivity contribution in [1.29, 1.82) is 0 Å². The quantitative estimate of drug-likeness (QED) is 0.596. The van der Waals surface area contributed by atoms with Gasteiger partial charge < -0.3 is 5.11 Å². The van der Waals surface area contributed by atoms with Gasteiger partial charge in [-0.1, -0.05) is 26.7 Å². The summed E-state index contributed by atoms with van der Waals surface area (Å²) in [6.07, 6.45) is 3.34. The summed E-state index contributed by atoms with van der Waals surface area (Å²) < 4.78 is 0. The van der Waals surface area contributed by atoms with Gasteiger partial charge in [-0.15, -0.1) is 0 Å². The molecule has 0 bridgehead atoms. The zero-order valence-electron chi connectivity index (χ0n) is 5.72. The first-order chi connectivity index (χ1) is 3.85. The number of rotatable bonds is 4. The third-order valence-corrected chi connectivity index (χ3v) is 1.39. The molecule has 0 aliphatic rings. The Morgan fingerprint density at radius 1 is 1.50 bits per heavy atom. The lowest BCUT2D eigenvalue weighted by atomic mass is 10.0. The molecule has 0 fully saturated rings. The molecule has 1 N–H and O–H groups in total. The maximum atomic E-state index is 8.53. The molecule has 0 saturated heterocycles. The second kappa shape index (κ2) is 5.10. The molecule has 49 valence electrons. The molecule has 8 heavy (non-hydrogen) atoms. The number of hydrogen-bond acceptors (Lipinski definition) is 1. The monoisotopic (exact) mass is 115 g/mol. The molecule has 0 aromatic carbocycles. The highest BCUT2D eigenvalue weighted by molar-refractivity contribution is 4.62. The third-order valence-electron chi connectivity index (χ3n) is 1.39. The number of hydrogen-bond donors (Lipinski definition) is 1. The van der Waals surface area contributed by atoms with Gasteiger partial charge in [0.05, 0.1) is 6.61 Å². The van der Waals surface area contributed by atoms with E-state index in [1.54, 1.807) is 0 Å². The van der Waals surface area contributed by atoms with Crippen molar-refractivity contribution >= 4 is 0 Å². The van der Waals surface area contributed by atoms with Crippen LogP contribution in [0.3, 0.4) is 0 Å². The van der Waals surface area contributed by atoms with E-state index in [0.717, 1.165) is 19.3 Å². The molecule has 1 radical (unpaired) electrons. The summed E-state index contributed by atoms with van der Waals surface area (Å²) in [5, 5.41) is 8.53. The molecule has 0 heterocycles. The highest BCUT2D eigenvalue weighted by Crippen LogP contribution is 2.11. The molecule has 1 atom stereocenters. The minimum Gasteiger partial charge on any atom is -0.390 e. The average Bonchev–Trinajstić information content (AvgIpc) is 1.83. The Bertz CT molecular complexity index is 39.7. The van der Waals surface area contributed by atoms with E-state index >= 15 is 0 Å². The maximum absolute atomic E-state index is 8.53. The fourth-order valence-electron chi connectivity index (χ4n) is 0.755. The van der Waals surface area contributed by atoms with Crippen LogP contribution >= 0.6 is 0 Å². The summed E-state index contributed by atoms with van der Waals surface area (Å²) >= 11 is 0. The van der Waals surface area contributed by atoms with Crippen LogP contribution in [-0.2, 0) is 0 Å². The Balaban J connectivity index is 3.07. The molecule has 0 spiro atoms. The predicted molar refractivity (Wildman–Crippen MR) is 34.9 cm³/mol. The van der Waals surface area contributed by atoms with Gasteiger partial charge in [0.25, 0.3) is 0 Å². The molecule has 0 aromatic heterocycles. The van der Waals surface area contributed by atoms with E-state index in [0.29, 0.717) is 5.92 Å². The molecule has 1 unspecified atom stereocenters. The molecule has 0 rings (SSSR count). The Hall–Kier alpha value is -0.0400. The van der Waals surface area contributed by atoms with E-state index in [4.69, 9.17) is 5.11 Å². The van der Waals surface area contributed by atoms with Crippen LogP contribution in [-0.4, -0.2) is 5.11 Å². The van der Waals surface area contributed by atoms with Crippen molar-refractivity contribution < 1.29 is 5.11 Å². The smallest absolute Gasteiger partial charge is 0.0829 e. The van der Waals surface area contributed by atoms with Gasteiger partial charge in [0.15, 0.2) is 0 Å². The van der Waals surface area contributed by atoms with E-state index in [-0.39, 0.29) is 0 Å². The first-order valence-corrected chi connectivity index (χ1v) is 3.32. The van der Waals surface area contributed by atoms with Gasteiger partial charge in [0.2, 0.25) is 0 Å². The summed E-state index contributed by atoms with van der Waals surface area (Å²) in [5.74, 6) is 0.431. The topological polar surface area (TPSA) is 20.2 Å². The Labute approximate surface area is 51.7 Å². The molecule has 0 aromatic rings. The molecular formula is C7H15O. The van der Waals surface area contributed by atoms with Gasteiger partial charge in [0.1, 0.15) is 0 Å². The highest BCUT2D eigenvalue weighted by atomic mass is 16.3. The third kappa shape index (κ3) is 3.03. The minimum absolute atomic E-state index is 0.431. The van der Waals surface area contributed by atoms with Crippen LogP contribution in [0.1, 0.15) is 33.1 Å². The van der Waals surface area contributed by atoms with Crippen molar-refractivity contribution in [3.63, 3.8) is 0 Å². The second-order valence-electron chi connectivity index (χ2n) is 2.11. The standard InChI is InChI=1S/C7H15O/c1-3-5-7(4-2)6-8/h6-8H,3-5H2,1-2H3. The maximum Gasteiger partial charge on any atom is 0.0829 e. The lowest BCUT2D eigenvalue weighted by molar-refractivity contribution is 0.298. The van der Waals surface area contributed by atoms with Gasteiger partial charge in [-0.2, -0.15) is 0 Å². The van der Waals surface area contributed by atoms with Crippen molar-refractivity contribution in [3.8, 4) is 0 Å². The highest BCUT2D eigenvalue weighted by Gasteiger charge is 2.00. The van der Waals surface area contributed by atoms with Gasteiger partial charge in [-0.05, 0) is 12.3 Å². The van der Waals surface area contributed by atoms with Gasteiger partial charge in [0, 0.05) is 0 Å². The van der Waals surface area contributed by atoms with Crippen LogP contribution < -0.4 is 0 Å². The minimum atomic E-state index is 0.431. The van der Waals surface area contributed by atoms with Crippen LogP contribution in [0, 0.1) is 12.5 Å². The van der Waals surface area contributed by atoms with Crippen molar-refractivity contribution in [2.24, 2.45) is 5.92 Å². The number of aliphatic hydroxyl groups excluding tert-OH is 1. The van der Waals surface area contributed by atoms with Crippen LogP contribution in [0.25, 0.3) is 0 Å². The van der Waals surface area contributed by atoms with E-state index in [1.165, 1.54) is 6.61 Å². The largest absolute Gasteiger partial charge is 0.390 e. The van der Waals surface area contributed by atoms with E-state index < -0.39 is 0 Å². The molecule has 0 saturated carbocycles. The van der Waals surface area contributed by atoms with Gasteiger partial charge in [-0.3, -0.25) is 0 Å². The summed E-state index contributed by atoms with van der Waals surface area (Å²) in [6, 6.07) is 0. The summed E-state index contributed by atoms with van der Waals surface area (Å²) in [4.78, 5) is 0. The van der Waals surface area contributed by atoms with Gasteiger partial charge in [-0.25, -0.2) is 0 Å². The molecule has 1 heteroatoms. The van der Waals surface area contributed by atoms with Crippen LogP contribution in [0.15, 0.2) is 0 Å². The van der Waals surface area contributed by atoms with Crippen LogP contribution in [0.2, 0.25) is 0 Å². The lowest BCUT2D eigenvalue weighted by Gasteiger charge is -2.06. The molecule has 0 amide bonds. The summed E-state index contributed by atoms with van der Waals surface area (Å²) in [6.45, 7) is 5.53. The number of aliphatic hydroxyl groups is 1. The average molecular weight is 115 g/mol. The van der Waals surface area contributed by atoms with Crippen molar-refractivity contribution in [2.45, 2.75) is 33.1 Å². The summed E-state index contributed by atoms with van der Waals surface area (Å²) in [7, 11) is 0. The molecule has 0 aliphatic heterocycles. The molecular weight excluding hydrogens is 100 g/mol. The van der Waals surface area contributed by atoms with E-state index in [1.807, 2.05) is 0 Å². The first-order valence-electron chi connectivity index (χ1n) is 3.32. The first kappa shape index (κ1) is 7.96.